The lowest BCUT2D eigenvalue weighted by Gasteiger charge is -2.32. The topological polar surface area (TPSA) is 86.1 Å². The summed E-state index contributed by atoms with van der Waals surface area (Å²) in [6.07, 6.45) is 5.00. The Bertz CT molecular complexity index is 1400. The number of nitrogens with zero attached hydrogens (tertiary/aromatic N) is 4. The minimum Gasteiger partial charge on any atom is -0.485 e. The van der Waals surface area contributed by atoms with E-state index in [2.05, 4.69) is 37.6 Å². The highest BCUT2D eigenvalue weighted by Gasteiger charge is 2.29. The Labute approximate surface area is 212 Å². The van der Waals surface area contributed by atoms with Crippen molar-refractivity contribution in [3.05, 3.63) is 65.7 Å². The summed E-state index contributed by atoms with van der Waals surface area (Å²) in [5, 5.41) is 15.0. The molecule has 2 unspecified atom stereocenters. The van der Waals surface area contributed by atoms with Crippen molar-refractivity contribution in [3.63, 3.8) is 0 Å². The van der Waals surface area contributed by atoms with Gasteiger partial charge in [-0.3, -0.25) is 0 Å². The number of hydrogen-bond donors (Lipinski definition) is 0. The molecule has 2 aromatic carbocycles. The predicted octanol–water partition coefficient (Wildman–Crippen LogP) is 6.58. The maximum atomic E-state index is 9.29. The Morgan fingerprint density at radius 2 is 2.06 bits per heavy atom. The van der Waals surface area contributed by atoms with Gasteiger partial charge in [0.05, 0.1) is 23.3 Å². The number of aromatic nitrogens is 3. The summed E-state index contributed by atoms with van der Waals surface area (Å²) in [7, 11) is -1.16. The third kappa shape index (κ3) is 5.08. The van der Waals surface area contributed by atoms with Crippen LogP contribution in [-0.2, 0) is 17.9 Å². The van der Waals surface area contributed by atoms with Crippen LogP contribution in [0.1, 0.15) is 36.1 Å². The van der Waals surface area contributed by atoms with Crippen LogP contribution in [0.25, 0.3) is 22.4 Å². The van der Waals surface area contributed by atoms with Crippen LogP contribution >= 0.6 is 0 Å². The number of oxazole rings is 1. The molecule has 186 valence electrons. The van der Waals surface area contributed by atoms with E-state index in [1.54, 1.807) is 6.20 Å². The van der Waals surface area contributed by atoms with Gasteiger partial charge in [0.2, 0.25) is 0 Å². The first-order valence-corrected chi connectivity index (χ1v) is 16.2. The number of benzene rings is 2. The largest absolute Gasteiger partial charge is 0.485 e. The van der Waals surface area contributed by atoms with E-state index >= 15 is 0 Å². The molecular formula is C28H32N4O3Si. The monoisotopic (exact) mass is 500 g/mol. The molecule has 36 heavy (non-hydrogen) atoms. The van der Waals surface area contributed by atoms with Crippen molar-refractivity contribution in [2.45, 2.75) is 58.3 Å². The number of aryl methyl sites for hydroxylation is 1. The van der Waals surface area contributed by atoms with Crippen molar-refractivity contribution in [2.75, 3.05) is 6.61 Å². The van der Waals surface area contributed by atoms with Gasteiger partial charge >= 0.3 is 0 Å². The molecule has 0 aliphatic heterocycles. The van der Waals surface area contributed by atoms with E-state index in [0.717, 1.165) is 53.4 Å². The molecule has 0 bridgehead atoms. The average molecular weight is 501 g/mol. The lowest BCUT2D eigenvalue weighted by Crippen LogP contribution is -2.23. The number of hydrogen-bond acceptors (Lipinski definition) is 6. The van der Waals surface area contributed by atoms with Crippen LogP contribution in [0.15, 0.2) is 53.4 Å². The van der Waals surface area contributed by atoms with Gasteiger partial charge in [-0.2, -0.15) is 10.4 Å². The third-order valence-electron chi connectivity index (χ3n) is 6.83. The molecule has 2 aromatic heterocycles. The fraction of sp³-hybridized carbons (Fsp3) is 0.393. The van der Waals surface area contributed by atoms with Gasteiger partial charge < -0.3 is 13.9 Å². The highest BCUT2D eigenvalue weighted by molar-refractivity contribution is 6.76. The van der Waals surface area contributed by atoms with Crippen LogP contribution in [0.4, 0.5) is 0 Å². The van der Waals surface area contributed by atoms with Gasteiger partial charge in [0.1, 0.15) is 24.3 Å². The average Bonchev–Trinajstić information content (AvgIpc) is 3.51. The fourth-order valence-corrected chi connectivity index (χ4v) is 5.47. The summed E-state index contributed by atoms with van der Waals surface area (Å²) in [6.45, 7) is 10.4. The zero-order chi connectivity index (χ0) is 25.3. The Morgan fingerprint density at radius 1 is 1.19 bits per heavy atom. The van der Waals surface area contributed by atoms with E-state index in [4.69, 9.17) is 19.0 Å². The van der Waals surface area contributed by atoms with E-state index in [0.29, 0.717) is 24.0 Å². The first-order valence-electron chi connectivity index (χ1n) is 12.5. The van der Waals surface area contributed by atoms with Crippen molar-refractivity contribution in [3.8, 4) is 23.3 Å². The number of nitriles is 1. The maximum Gasteiger partial charge on any atom is 0.181 e. The van der Waals surface area contributed by atoms with E-state index in [1.807, 2.05) is 41.1 Å². The smallest absolute Gasteiger partial charge is 0.181 e. The van der Waals surface area contributed by atoms with Gasteiger partial charge in [-0.1, -0.05) is 32.6 Å². The molecule has 2 atom stereocenters. The Balaban J connectivity index is 1.45. The zero-order valence-electron chi connectivity index (χ0n) is 21.3. The molecule has 4 aromatic rings. The second-order valence-electron chi connectivity index (χ2n) is 10.8. The molecule has 7 nitrogen and oxygen atoms in total. The number of ether oxygens (including phenoxy) is 2. The summed E-state index contributed by atoms with van der Waals surface area (Å²) >= 11 is 0. The van der Waals surface area contributed by atoms with Crippen molar-refractivity contribution in [2.24, 2.45) is 5.92 Å². The van der Waals surface area contributed by atoms with Crippen LogP contribution in [0, 0.1) is 17.2 Å². The molecule has 0 spiro atoms. The van der Waals surface area contributed by atoms with E-state index < -0.39 is 8.07 Å². The Kier molecular flexibility index (Phi) is 6.69. The van der Waals surface area contributed by atoms with E-state index in [9.17, 15) is 5.26 Å². The Morgan fingerprint density at radius 3 is 2.81 bits per heavy atom. The maximum absolute atomic E-state index is 9.29. The summed E-state index contributed by atoms with van der Waals surface area (Å²) in [5.74, 6) is 1.74. The molecule has 0 N–H and O–H groups in total. The van der Waals surface area contributed by atoms with E-state index in [1.165, 1.54) is 12.0 Å². The summed E-state index contributed by atoms with van der Waals surface area (Å²) in [4.78, 5) is 4.09. The molecule has 0 radical (unpaired) electrons. The van der Waals surface area contributed by atoms with Gasteiger partial charge in [-0.15, -0.1) is 0 Å². The zero-order valence-corrected chi connectivity index (χ0v) is 22.3. The van der Waals surface area contributed by atoms with Gasteiger partial charge in [0.15, 0.2) is 12.2 Å². The second kappa shape index (κ2) is 9.92. The van der Waals surface area contributed by atoms with Crippen molar-refractivity contribution >= 4 is 19.0 Å². The molecule has 5 rings (SSSR count). The van der Waals surface area contributed by atoms with Gasteiger partial charge in [0, 0.05) is 20.1 Å². The molecule has 2 heterocycles. The van der Waals surface area contributed by atoms with Crippen molar-refractivity contribution in [1.29, 1.82) is 5.26 Å². The summed E-state index contributed by atoms with van der Waals surface area (Å²) in [6, 6.07) is 15.3. The first kappa shape index (κ1) is 24.3. The molecule has 1 aliphatic rings. The Hall–Kier alpha value is -3.41. The molecular weight excluding hydrogens is 468 g/mol. The highest BCUT2D eigenvalue weighted by atomic mass is 28.3. The SMILES string of the molecule is CC1CCc2cc(C#N)ccc2C1Oc1ccc2c(c1)c(-c1cnco1)nn2COCC[Si](C)(C)C. The minimum atomic E-state index is -1.16. The first-order chi connectivity index (χ1) is 17.3. The van der Waals surface area contributed by atoms with Crippen molar-refractivity contribution in [1.82, 2.24) is 14.8 Å². The minimum absolute atomic E-state index is 0.0763. The van der Waals surface area contributed by atoms with Gasteiger partial charge in [-0.25, -0.2) is 9.67 Å². The second-order valence-corrected chi connectivity index (χ2v) is 16.4. The fourth-order valence-electron chi connectivity index (χ4n) is 4.71. The number of rotatable bonds is 8. The van der Waals surface area contributed by atoms with Crippen LogP contribution in [-0.4, -0.2) is 29.4 Å². The highest BCUT2D eigenvalue weighted by Crippen LogP contribution is 2.39. The molecule has 0 fully saturated rings. The molecule has 1 aliphatic carbocycles. The van der Waals surface area contributed by atoms with Crippen molar-refractivity contribution < 1.29 is 13.9 Å². The third-order valence-corrected chi connectivity index (χ3v) is 8.53. The lowest BCUT2D eigenvalue weighted by molar-refractivity contribution is 0.0818. The summed E-state index contributed by atoms with van der Waals surface area (Å²) in [5.41, 5.74) is 4.73. The number of fused-ring (bicyclic) bond motifs is 2. The predicted molar refractivity (Wildman–Crippen MR) is 141 cm³/mol. The van der Waals surface area contributed by atoms with Crippen LogP contribution in [0.3, 0.4) is 0 Å². The summed E-state index contributed by atoms with van der Waals surface area (Å²) < 4.78 is 20.1. The molecule has 0 amide bonds. The van der Waals surface area contributed by atoms with Crippen LogP contribution in [0.2, 0.25) is 25.7 Å². The van der Waals surface area contributed by atoms with E-state index in [-0.39, 0.29) is 6.10 Å². The quantitative estimate of drug-likeness (QED) is 0.201. The van der Waals surface area contributed by atoms with Gasteiger partial charge in [0.25, 0.3) is 0 Å². The lowest BCUT2D eigenvalue weighted by atomic mass is 9.81. The molecule has 0 saturated heterocycles. The molecule has 0 saturated carbocycles. The van der Waals surface area contributed by atoms with Crippen LogP contribution in [0.5, 0.6) is 5.75 Å². The standard InChI is InChI=1S/C28H32N4O3Si/c1-19-5-7-21-13-20(15-29)6-9-23(21)28(19)35-22-8-10-25-24(14-22)27(26-16-30-17-34-26)31-32(25)18-33-11-12-36(2,3)4/h6,8-10,13-14,16-17,19,28H,5,7,11-12,18H2,1-4H3. The normalized spacial score (nSPS) is 17.6. The van der Waals surface area contributed by atoms with Gasteiger partial charge in [-0.05, 0) is 66.3 Å². The van der Waals surface area contributed by atoms with Crippen LogP contribution < -0.4 is 4.74 Å². The molecule has 8 heteroatoms.